The number of nitrogens with one attached hydrogen (secondary N) is 1. The van der Waals surface area contributed by atoms with E-state index in [1.807, 2.05) is 5.41 Å². The average molecular weight is 436 g/mol. The van der Waals surface area contributed by atoms with Gasteiger partial charge in [0.1, 0.15) is 24.2 Å². The summed E-state index contributed by atoms with van der Waals surface area (Å²) in [6.07, 6.45) is 0. The van der Waals surface area contributed by atoms with E-state index in [-0.39, 0.29) is 22.2 Å². The SMILES string of the molecule is CO/N=C(\C(=O)NC1C(=O)N2C(C(=O)O)=C(Cl)CS[C@H]12)C1=CSCCS1. The van der Waals surface area contributed by atoms with Crippen molar-refractivity contribution >= 4 is 70.4 Å². The van der Waals surface area contributed by atoms with Crippen LogP contribution in [0.2, 0.25) is 0 Å². The van der Waals surface area contributed by atoms with Crippen molar-refractivity contribution in [2.75, 3.05) is 24.4 Å². The lowest BCUT2D eigenvalue weighted by molar-refractivity contribution is -0.150. The fourth-order valence-electron chi connectivity index (χ4n) is 2.57. The van der Waals surface area contributed by atoms with Crippen LogP contribution in [0.25, 0.3) is 0 Å². The fraction of sp³-hybridized carbons (Fsp3) is 0.429. The molecule has 2 N–H and O–H groups in total. The number of carboxylic acids is 1. The molecule has 0 aromatic heterocycles. The molecule has 3 aliphatic heterocycles. The number of carbonyl (C=O) groups is 3. The van der Waals surface area contributed by atoms with Crippen LogP contribution in [-0.4, -0.2) is 69.3 Å². The van der Waals surface area contributed by atoms with Crippen LogP contribution in [0.5, 0.6) is 0 Å². The largest absolute Gasteiger partial charge is 0.477 e. The number of oxime groups is 1. The number of hydrogen-bond acceptors (Lipinski definition) is 8. The van der Waals surface area contributed by atoms with E-state index in [0.717, 1.165) is 16.4 Å². The molecular weight excluding hydrogens is 422 g/mol. The van der Waals surface area contributed by atoms with Gasteiger partial charge < -0.3 is 15.3 Å². The van der Waals surface area contributed by atoms with Gasteiger partial charge in [0.2, 0.25) is 0 Å². The molecule has 2 amide bonds. The van der Waals surface area contributed by atoms with Crippen molar-refractivity contribution in [1.82, 2.24) is 10.2 Å². The Morgan fingerprint density at radius 2 is 2.23 bits per heavy atom. The van der Waals surface area contributed by atoms with Crippen molar-refractivity contribution in [2.24, 2.45) is 5.16 Å². The van der Waals surface area contributed by atoms with Crippen molar-refractivity contribution in [2.45, 2.75) is 11.4 Å². The van der Waals surface area contributed by atoms with Gasteiger partial charge in [-0.05, 0) is 5.41 Å². The van der Waals surface area contributed by atoms with Gasteiger partial charge >= 0.3 is 5.97 Å². The molecule has 1 fully saturated rings. The molecule has 8 nitrogen and oxygen atoms in total. The van der Waals surface area contributed by atoms with Gasteiger partial charge in [-0.25, -0.2) is 4.79 Å². The minimum absolute atomic E-state index is 0.101. The zero-order chi connectivity index (χ0) is 18.8. The molecule has 0 aromatic carbocycles. The molecule has 12 heteroatoms. The van der Waals surface area contributed by atoms with Gasteiger partial charge in [0.05, 0.1) is 5.03 Å². The van der Waals surface area contributed by atoms with E-state index in [2.05, 4.69) is 10.5 Å². The van der Waals surface area contributed by atoms with E-state index in [1.165, 1.54) is 30.6 Å². The van der Waals surface area contributed by atoms with Crippen molar-refractivity contribution in [3.05, 3.63) is 21.0 Å². The third-order valence-electron chi connectivity index (χ3n) is 3.69. The van der Waals surface area contributed by atoms with E-state index >= 15 is 0 Å². The molecular formula is C14H14ClN3O5S3. The Morgan fingerprint density at radius 1 is 1.46 bits per heavy atom. The summed E-state index contributed by atoms with van der Waals surface area (Å²) < 4.78 is 0. The molecule has 3 rings (SSSR count). The molecule has 0 saturated carbocycles. The molecule has 0 aliphatic carbocycles. The molecule has 140 valence electrons. The lowest BCUT2D eigenvalue weighted by atomic mass is 10.0. The molecule has 2 atom stereocenters. The summed E-state index contributed by atoms with van der Waals surface area (Å²) in [6.45, 7) is 0. The predicted molar refractivity (Wildman–Crippen MR) is 103 cm³/mol. The normalized spacial score (nSPS) is 25.9. The number of aliphatic carboxylic acids is 1. The van der Waals surface area contributed by atoms with Crippen LogP contribution in [0.1, 0.15) is 0 Å². The number of halogens is 1. The fourth-order valence-corrected chi connectivity index (χ4v) is 6.19. The first-order valence-electron chi connectivity index (χ1n) is 7.39. The number of nitrogens with zero attached hydrogens (tertiary/aromatic N) is 2. The Hall–Kier alpha value is -1.30. The van der Waals surface area contributed by atoms with Gasteiger partial charge in [0.15, 0.2) is 5.71 Å². The second-order valence-corrected chi connectivity index (χ2v) is 8.92. The summed E-state index contributed by atoms with van der Waals surface area (Å²) >= 11 is 10.3. The Labute approximate surface area is 166 Å². The van der Waals surface area contributed by atoms with Crippen molar-refractivity contribution in [3.63, 3.8) is 0 Å². The first-order chi connectivity index (χ1) is 12.5. The smallest absolute Gasteiger partial charge is 0.353 e. The molecule has 3 heterocycles. The average Bonchev–Trinajstić information content (AvgIpc) is 2.64. The summed E-state index contributed by atoms with van der Waals surface area (Å²) in [7, 11) is 1.34. The maximum absolute atomic E-state index is 12.6. The number of hydrogen-bond donors (Lipinski definition) is 2. The second-order valence-electron chi connectivity index (χ2n) is 5.24. The van der Waals surface area contributed by atoms with Crippen LogP contribution in [-0.2, 0) is 19.2 Å². The highest BCUT2D eigenvalue weighted by Crippen LogP contribution is 2.41. The molecule has 0 bridgehead atoms. The second kappa shape index (κ2) is 8.15. The van der Waals surface area contributed by atoms with E-state index in [1.54, 1.807) is 11.8 Å². The lowest BCUT2D eigenvalue weighted by Crippen LogP contribution is -2.70. The van der Waals surface area contributed by atoms with E-state index in [9.17, 15) is 19.5 Å². The molecule has 1 saturated heterocycles. The van der Waals surface area contributed by atoms with Crippen molar-refractivity contribution < 1.29 is 24.3 Å². The van der Waals surface area contributed by atoms with Gasteiger partial charge in [-0.2, -0.15) is 0 Å². The summed E-state index contributed by atoms with van der Waals surface area (Å²) in [5, 5.41) is 17.1. The molecule has 3 aliphatic rings. The van der Waals surface area contributed by atoms with Gasteiger partial charge in [0, 0.05) is 22.2 Å². The monoisotopic (exact) mass is 435 g/mol. The highest BCUT2D eigenvalue weighted by Gasteiger charge is 2.54. The Bertz CT molecular complexity index is 754. The van der Waals surface area contributed by atoms with Crippen molar-refractivity contribution in [3.8, 4) is 0 Å². The van der Waals surface area contributed by atoms with Gasteiger partial charge in [-0.1, -0.05) is 16.8 Å². The topological polar surface area (TPSA) is 108 Å². The van der Waals surface area contributed by atoms with Crippen LogP contribution in [0.4, 0.5) is 0 Å². The van der Waals surface area contributed by atoms with Crippen LogP contribution in [0.3, 0.4) is 0 Å². The zero-order valence-electron chi connectivity index (χ0n) is 13.4. The van der Waals surface area contributed by atoms with Gasteiger partial charge in [0.25, 0.3) is 11.8 Å². The van der Waals surface area contributed by atoms with Gasteiger partial charge in [-0.15, -0.1) is 35.3 Å². The number of carbonyl (C=O) groups excluding carboxylic acids is 2. The van der Waals surface area contributed by atoms with E-state index in [0.29, 0.717) is 4.91 Å². The third kappa shape index (κ3) is 3.57. The molecule has 0 radical (unpaired) electrons. The van der Waals surface area contributed by atoms with Gasteiger partial charge in [-0.3, -0.25) is 14.5 Å². The van der Waals surface area contributed by atoms with Crippen LogP contribution < -0.4 is 5.32 Å². The Kier molecular flexibility index (Phi) is 6.10. The zero-order valence-corrected chi connectivity index (χ0v) is 16.6. The first-order valence-corrected chi connectivity index (χ1v) is 10.9. The standard InChI is InChI=1S/C14H14ClN3O5S3/c1-23-17-8(7-5-24-2-3-25-7)11(19)16-9-12(20)18-10(14(21)22)6(15)4-26-13(9)18/h5,9,13H,2-4H2,1H3,(H,16,19)(H,21,22)/b17-8-/t9?,13-/m1/s1. The summed E-state index contributed by atoms with van der Waals surface area (Å²) in [4.78, 5) is 42.9. The summed E-state index contributed by atoms with van der Waals surface area (Å²) in [5.41, 5.74) is -0.123. The predicted octanol–water partition coefficient (Wildman–Crippen LogP) is 1.25. The number of β-lactam (4-membered cyclic amide) rings is 1. The molecule has 0 aromatic rings. The number of rotatable bonds is 5. The maximum atomic E-state index is 12.6. The number of carboxylic acid groups (broad SMARTS) is 1. The van der Waals surface area contributed by atoms with E-state index < -0.39 is 29.2 Å². The van der Waals surface area contributed by atoms with Crippen LogP contribution in [0.15, 0.2) is 26.2 Å². The Balaban J connectivity index is 1.75. The lowest BCUT2D eigenvalue weighted by Gasteiger charge is -2.48. The maximum Gasteiger partial charge on any atom is 0.353 e. The molecule has 1 unspecified atom stereocenters. The number of fused-ring (bicyclic) bond motifs is 1. The molecule has 0 spiro atoms. The minimum atomic E-state index is -1.26. The third-order valence-corrected chi connectivity index (χ3v) is 7.72. The summed E-state index contributed by atoms with van der Waals surface area (Å²) in [5.74, 6) is -0.268. The number of thioether (sulfide) groups is 3. The summed E-state index contributed by atoms with van der Waals surface area (Å²) in [6, 6.07) is -0.837. The quantitative estimate of drug-likeness (QED) is 0.377. The van der Waals surface area contributed by atoms with Crippen LogP contribution >= 0.6 is 46.9 Å². The van der Waals surface area contributed by atoms with Crippen molar-refractivity contribution in [1.29, 1.82) is 0 Å². The number of amides is 2. The first kappa shape index (κ1) is 19.5. The Morgan fingerprint density at radius 3 is 2.85 bits per heavy atom. The minimum Gasteiger partial charge on any atom is -0.477 e. The van der Waals surface area contributed by atoms with Crippen LogP contribution in [0, 0.1) is 0 Å². The highest BCUT2D eigenvalue weighted by molar-refractivity contribution is 8.10. The van der Waals surface area contributed by atoms with E-state index in [4.69, 9.17) is 16.4 Å². The highest BCUT2D eigenvalue weighted by atomic mass is 35.5. The molecule has 26 heavy (non-hydrogen) atoms.